The number of benzene rings is 1. The Morgan fingerprint density at radius 1 is 1.35 bits per heavy atom. The molecule has 0 radical (unpaired) electrons. The second-order valence-corrected chi connectivity index (χ2v) is 5.91. The molecule has 2 N–H and O–H groups in total. The lowest BCUT2D eigenvalue weighted by molar-refractivity contribution is -0.0752. The Hall–Kier alpha value is -1.26. The smallest absolute Gasteiger partial charge is 0.255 e. The number of ether oxygens (including phenoxy) is 1. The van der Waals surface area contributed by atoms with Gasteiger partial charge in [-0.3, -0.25) is 4.79 Å². The van der Waals surface area contributed by atoms with Gasteiger partial charge in [-0.1, -0.05) is 24.4 Å². The molecule has 1 heterocycles. The van der Waals surface area contributed by atoms with Crippen LogP contribution in [-0.2, 0) is 4.74 Å². The lowest BCUT2D eigenvalue weighted by Crippen LogP contribution is -2.54. The molecule has 20 heavy (non-hydrogen) atoms. The van der Waals surface area contributed by atoms with Crippen LogP contribution >= 0.6 is 11.6 Å². The average Bonchev–Trinajstić information content (AvgIpc) is 2.46. The van der Waals surface area contributed by atoms with Crippen LogP contribution in [0.1, 0.15) is 36.0 Å². The second-order valence-electron chi connectivity index (χ2n) is 5.50. The molecule has 1 saturated carbocycles. The van der Waals surface area contributed by atoms with Crippen molar-refractivity contribution in [3.05, 3.63) is 28.8 Å². The number of fused-ring (bicyclic) bond motifs is 1. The molecule has 3 rings (SSSR count). The van der Waals surface area contributed by atoms with Crippen molar-refractivity contribution in [2.45, 2.75) is 37.8 Å². The highest BCUT2D eigenvalue weighted by Gasteiger charge is 2.37. The monoisotopic (exact) mass is 294 g/mol. The van der Waals surface area contributed by atoms with Gasteiger partial charge in [-0.25, -0.2) is 0 Å². The van der Waals surface area contributed by atoms with Gasteiger partial charge in [0, 0.05) is 12.2 Å². The zero-order chi connectivity index (χ0) is 14.1. The summed E-state index contributed by atoms with van der Waals surface area (Å²) in [5.74, 6) is -0.00444. The maximum Gasteiger partial charge on any atom is 0.255 e. The third-order valence-corrected chi connectivity index (χ3v) is 4.53. The summed E-state index contributed by atoms with van der Waals surface area (Å²) in [7, 11) is 0. The molecule has 2 aliphatic rings. The van der Waals surface area contributed by atoms with Crippen molar-refractivity contribution >= 4 is 23.2 Å². The Morgan fingerprint density at radius 3 is 2.95 bits per heavy atom. The number of hydrogen-bond donors (Lipinski definition) is 1. The van der Waals surface area contributed by atoms with Gasteiger partial charge in [0.05, 0.1) is 29.3 Å². The molecule has 108 valence electrons. The zero-order valence-electron chi connectivity index (χ0n) is 11.3. The minimum atomic E-state index is -0.00444. The van der Waals surface area contributed by atoms with E-state index in [0.29, 0.717) is 29.4 Å². The number of hydrogen-bond acceptors (Lipinski definition) is 3. The summed E-state index contributed by atoms with van der Waals surface area (Å²) >= 11 is 6.16. The third-order valence-electron chi connectivity index (χ3n) is 4.22. The SMILES string of the molecule is Nc1ccc(C(=O)N2CCOC3CCCCC32)c(Cl)c1. The van der Waals surface area contributed by atoms with Crippen molar-refractivity contribution in [3.8, 4) is 0 Å². The second kappa shape index (κ2) is 5.62. The van der Waals surface area contributed by atoms with Gasteiger partial charge >= 0.3 is 0 Å². The standard InChI is InChI=1S/C15H19ClN2O2/c16-12-9-10(17)5-6-11(12)15(19)18-7-8-20-14-4-2-1-3-13(14)18/h5-6,9,13-14H,1-4,7-8,17H2. The van der Waals surface area contributed by atoms with Crippen LogP contribution in [0.3, 0.4) is 0 Å². The van der Waals surface area contributed by atoms with Crippen LogP contribution in [0.4, 0.5) is 5.69 Å². The van der Waals surface area contributed by atoms with Crippen LogP contribution in [0.2, 0.25) is 5.02 Å². The quantitative estimate of drug-likeness (QED) is 0.810. The molecule has 0 spiro atoms. The minimum absolute atomic E-state index is 0.00444. The highest BCUT2D eigenvalue weighted by atomic mass is 35.5. The van der Waals surface area contributed by atoms with E-state index in [1.807, 2.05) is 4.90 Å². The summed E-state index contributed by atoms with van der Waals surface area (Å²) in [6.07, 6.45) is 4.59. The topological polar surface area (TPSA) is 55.6 Å². The van der Waals surface area contributed by atoms with Crippen molar-refractivity contribution in [2.75, 3.05) is 18.9 Å². The molecule has 1 aliphatic carbocycles. The van der Waals surface area contributed by atoms with E-state index in [1.54, 1.807) is 18.2 Å². The predicted octanol–water partition coefficient (Wildman–Crippen LogP) is 2.71. The number of halogens is 1. The van der Waals surface area contributed by atoms with E-state index in [0.717, 1.165) is 19.3 Å². The first-order valence-electron chi connectivity index (χ1n) is 7.14. The van der Waals surface area contributed by atoms with E-state index >= 15 is 0 Å². The van der Waals surface area contributed by atoms with Crippen LogP contribution in [0, 0.1) is 0 Å². The summed E-state index contributed by atoms with van der Waals surface area (Å²) in [5, 5.41) is 0.425. The zero-order valence-corrected chi connectivity index (χ0v) is 12.1. The molecular formula is C15H19ClN2O2. The Labute approximate surface area is 123 Å². The van der Waals surface area contributed by atoms with E-state index in [4.69, 9.17) is 22.1 Å². The first kappa shape index (κ1) is 13.7. The fourth-order valence-electron chi connectivity index (χ4n) is 3.21. The maximum atomic E-state index is 12.7. The van der Waals surface area contributed by atoms with E-state index in [9.17, 15) is 4.79 Å². The molecule has 1 saturated heterocycles. The molecule has 2 atom stereocenters. The molecule has 4 nitrogen and oxygen atoms in total. The number of nitrogen functional groups attached to an aromatic ring is 1. The Bertz CT molecular complexity index is 519. The van der Waals surface area contributed by atoms with Crippen molar-refractivity contribution in [1.29, 1.82) is 0 Å². The predicted molar refractivity (Wildman–Crippen MR) is 78.9 cm³/mol. The Morgan fingerprint density at radius 2 is 2.15 bits per heavy atom. The van der Waals surface area contributed by atoms with Gasteiger partial charge in [-0.05, 0) is 31.0 Å². The van der Waals surface area contributed by atoms with Crippen molar-refractivity contribution < 1.29 is 9.53 Å². The van der Waals surface area contributed by atoms with Crippen LogP contribution < -0.4 is 5.73 Å². The van der Waals surface area contributed by atoms with Crippen molar-refractivity contribution in [1.82, 2.24) is 4.90 Å². The fourth-order valence-corrected chi connectivity index (χ4v) is 3.48. The van der Waals surface area contributed by atoms with Crippen LogP contribution in [0.15, 0.2) is 18.2 Å². The molecule has 1 aromatic rings. The van der Waals surface area contributed by atoms with Crippen molar-refractivity contribution in [2.24, 2.45) is 0 Å². The number of rotatable bonds is 1. The fraction of sp³-hybridized carbons (Fsp3) is 0.533. The van der Waals surface area contributed by atoms with Gasteiger partial charge in [0.1, 0.15) is 0 Å². The molecule has 1 aliphatic heterocycles. The van der Waals surface area contributed by atoms with Crippen LogP contribution in [-0.4, -0.2) is 36.1 Å². The molecule has 0 aromatic heterocycles. The van der Waals surface area contributed by atoms with Crippen LogP contribution in [0.5, 0.6) is 0 Å². The number of nitrogens with zero attached hydrogens (tertiary/aromatic N) is 1. The highest BCUT2D eigenvalue weighted by molar-refractivity contribution is 6.34. The molecule has 5 heteroatoms. The van der Waals surface area contributed by atoms with Crippen LogP contribution in [0.25, 0.3) is 0 Å². The average molecular weight is 295 g/mol. The van der Waals surface area contributed by atoms with Gasteiger partial charge in [-0.15, -0.1) is 0 Å². The molecular weight excluding hydrogens is 276 g/mol. The molecule has 2 fully saturated rings. The number of amides is 1. The van der Waals surface area contributed by atoms with Gasteiger partial charge < -0.3 is 15.4 Å². The van der Waals surface area contributed by atoms with Crippen molar-refractivity contribution in [3.63, 3.8) is 0 Å². The Balaban J connectivity index is 1.85. The molecule has 2 unspecified atom stereocenters. The number of morpholine rings is 1. The lowest BCUT2D eigenvalue weighted by atomic mass is 9.89. The van der Waals surface area contributed by atoms with Gasteiger partial charge in [0.15, 0.2) is 0 Å². The maximum absolute atomic E-state index is 12.7. The summed E-state index contributed by atoms with van der Waals surface area (Å²) < 4.78 is 5.80. The highest BCUT2D eigenvalue weighted by Crippen LogP contribution is 2.30. The molecule has 0 bridgehead atoms. The normalized spacial score (nSPS) is 26.1. The number of carbonyl (C=O) groups is 1. The largest absolute Gasteiger partial charge is 0.399 e. The number of nitrogens with two attached hydrogens (primary N) is 1. The summed E-state index contributed by atoms with van der Waals surface area (Å²) in [6, 6.07) is 5.26. The Kier molecular flexibility index (Phi) is 3.85. The summed E-state index contributed by atoms with van der Waals surface area (Å²) in [4.78, 5) is 14.7. The lowest BCUT2D eigenvalue weighted by Gasteiger charge is -2.43. The first-order valence-corrected chi connectivity index (χ1v) is 7.52. The van der Waals surface area contributed by atoms with E-state index in [2.05, 4.69) is 0 Å². The summed E-state index contributed by atoms with van der Waals surface area (Å²) in [5.41, 5.74) is 6.79. The molecule has 1 aromatic carbocycles. The summed E-state index contributed by atoms with van der Waals surface area (Å²) in [6.45, 7) is 1.25. The van der Waals surface area contributed by atoms with Gasteiger partial charge in [0.25, 0.3) is 5.91 Å². The number of carbonyl (C=O) groups excluding carboxylic acids is 1. The minimum Gasteiger partial charge on any atom is -0.399 e. The van der Waals surface area contributed by atoms with E-state index < -0.39 is 0 Å². The van der Waals surface area contributed by atoms with E-state index in [-0.39, 0.29) is 18.1 Å². The number of anilines is 1. The van der Waals surface area contributed by atoms with Gasteiger partial charge in [-0.2, -0.15) is 0 Å². The van der Waals surface area contributed by atoms with Gasteiger partial charge in [0.2, 0.25) is 0 Å². The molecule has 1 amide bonds. The third kappa shape index (κ3) is 2.50. The van der Waals surface area contributed by atoms with E-state index in [1.165, 1.54) is 6.42 Å². The first-order chi connectivity index (χ1) is 9.66.